The minimum absolute atomic E-state index is 0.192. The van der Waals surface area contributed by atoms with E-state index in [1.807, 2.05) is 38.1 Å². The molecule has 4 heteroatoms. The van der Waals surface area contributed by atoms with Gasteiger partial charge >= 0.3 is 11.9 Å². The summed E-state index contributed by atoms with van der Waals surface area (Å²) >= 11 is 0. The number of benzene rings is 1. The summed E-state index contributed by atoms with van der Waals surface area (Å²) in [7, 11) is 0. The van der Waals surface area contributed by atoms with Crippen LogP contribution in [-0.2, 0) is 30.3 Å². The number of hydrogen-bond donors (Lipinski definition) is 0. The molecular formula is C19H26O4. The third-order valence-electron chi connectivity index (χ3n) is 3.60. The molecule has 23 heavy (non-hydrogen) atoms. The molecule has 0 aliphatic carbocycles. The number of carbonyl (C=O) groups is 2. The fraction of sp³-hybridized carbons (Fsp3) is 0.474. The Balaban J connectivity index is 3.10. The molecule has 1 rings (SSSR count). The fourth-order valence-electron chi connectivity index (χ4n) is 2.05. The Hall–Kier alpha value is -2.10. The molecule has 0 radical (unpaired) electrons. The Labute approximate surface area is 138 Å². The molecule has 0 spiro atoms. The Bertz CT molecular complexity index is 597. The molecule has 0 aliphatic rings. The first-order valence-corrected chi connectivity index (χ1v) is 7.69. The fourth-order valence-corrected chi connectivity index (χ4v) is 2.05. The van der Waals surface area contributed by atoms with Crippen LogP contribution in [0.4, 0.5) is 0 Å². The second-order valence-electron chi connectivity index (χ2n) is 6.80. The molecule has 0 N–H and O–H groups in total. The molecule has 1 aromatic rings. The first-order valence-electron chi connectivity index (χ1n) is 7.69. The predicted molar refractivity (Wildman–Crippen MR) is 89.7 cm³/mol. The van der Waals surface area contributed by atoms with Gasteiger partial charge in [0.05, 0.1) is 5.92 Å². The highest BCUT2D eigenvalue weighted by atomic mass is 16.6. The van der Waals surface area contributed by atoms with Gasteiger partial charge in [0, 0.05) is 6.08 Å². The standard InChI is InChI=1S/C19H26O4/c1-8-16(20)22-18(4,5)14-10-9-11-15(12-14)19(6,7)23-17(21)13(2)3/h8-13H,1H2,2-7H3. The first kappa shape index (κ1) is 18.9. The summed E-state index contributed by atoms with van der Waals surface area (Å²) in [4.78, 5) is 23.4. The van der Waals surface area contributed by atoms with E-state index in [0.29, 0.717) is 0 Å². The van der Waals surface area contributed by atoms with Crippen molar-refractivity contribution in [2.45, 2.75) is 52.7 Å². The van der Waals surface area contributed by atoms with E-state index in [-0.39, 0.29) is 11.9 Å². The number of esters is 2. The van der Waals surface area contributed by atoms with Crippen molar-refractivity contribution in [3.8, 4) is 0 Å². The Kier molecular flexibility index (Phi) is 5.75. The zero-order valence-electron chi connectivity index (χ0n) is 14.8. The van der Waals surface area contributed by atoms with Crippen LogP contribution in [-0.4, -0.2) is 11.9 Å². The van der Waals surface area contributed by atoms with Crippen molar-refractivity contribution in [1.82, 2.24) is 0 Å². The highest BCUT2D eigenvalue weighted by Gasteiger charge is 2.30. The molecule has 1 aromatic carbocycles. The van der Waals surface area contributed by atoms with Gasteiger partial charge in [-0.1, -0.05) is 38.6 Å². The largest absolute Gasteiger partial charge is 0.455 e. The highest BCUT2D eigenvalue weighted by Crippen LogP contribution is 2.31. The zero-order valence-corrected chi connectivity index (χ0v) is 14.8. The predicted octanol–water partition coefficient (Wildman–Crippen LogP) is 4.09. The summed E-state index contributed by atoms with van der Waals surface area (Å²) in [6, 6.07) is 7.52. The van der Waals surface area contributed by atoms with E-state index in [2.05, 4.69) is 6.58 Å². The van der Waals surface area contributed by atoms with Gasteiger partial charge in [0.15, 0.2) is 0 Å². The van der Waals surface area contributed by atoms with Crippen molar-refractivity contribution >= 4 is 11.9 Å². The minimum Gasteiger partial charge on any atom is -0.455 e. The molecule has 0 saturated heterocycles. The van der Waals surface area contributed by atoms with Gasteiger partial charge in [-0.15, -0.1) is 0 Å². The molecule has 0 unspecified atom stereocenters. The van der Waals surface area contributed by atoms with Crippen LogP contribution in [0, 0.1) is 5.92 Å². The van der Waals surface area contributed by atoms with Gasteiger partial charge in [-0.05, 0) is 44.9 Å². The van der Waals surface area contributed by atoms with Gasteiger partial charge in [0.2, 0.25) is 0 Å². The minimum atomic E-state index is -0.806. The number of carbonyl (C=O) groups excluding carboxylic acids is 2. The third-order valence-corrected chi connectivity index (χ3v) is 3.60. The van der Waals surface area contributed by atoms with Crippen molar-refractivity contribution in [1.29, 1.82) is 0 Å². The third kappa shape index (κ3) is 4.95. The molecule has 0 aromatic heterocycles. The maximum absolute atomic E-state index is 11.9. The van der Waals surface area contributed by atoms with Crippen LogP contribution in [0.1, 0.15) is 52.7 Å². The van der Waals surface area contributed by atoms with Gasteiger partial charge in [-0.3, -0.25) is 4.79 Å². The van der Waals surface area contributed by atoms with E-state index in [1.165, 1.54) is 0 Å². The average molecular weight is 318 g/mol. The molecule has 0 atom stereocenters. The normalized spacial score (nSPS) is 12.0. The molecule has 0 bridgehead atoms. The van der Waals surface area contributed by atoms with E-state index in [9.17, 15) is 9.59 Å². The van der Waals surface area contributed by atoms with Gasteiger partial charge in [0.25, 0.3) is 0 Å². The van der Waals surface area contributed by atoms with Crippen molar-refractivity contribution in [3.63, 3.8) is 0 Å². The molecule has 0 fully saturated rings. The lowest BCUT2D eigenvalue weighted by atomic mass is 9.90. The summed E-state index contributed by atoms with van der Waals surface area (Å²) in [6.45, 7) is 14.3. The van der Waals surface area contributed by atoms with Crippen molar-refractivity contribution in [2.24, 2.45) is 5.92 Å². The van der Waals surface area contributed by atoms with Gasteiger partial charge in [-0.2, -0.15) is 0 Å². The second kappa shape index (κ2) is 6.99. The molecule has 126 valence electrons. The van der Waals surface area contributed by atoms with E-state index in [1.54, 1.807) is 27.7 Å². The van der Waals surface area contributed by atoms with E-state index >= 15 is 0 Å². The lowest BCUT2D eigenvalue weighted by Gasteiger charge is -2.30. The summed E-state index contributed by atoms with van der Waals surface area (Å²) in [6.07, 6.45) is 1.14. The Morgan fingerprint density at radius 2 is 1.52 bits per heavy atom. The Morgan fingerprint density at radius 1 is 1.04 bits per heavy atom. The Morgan fingerprint density at radius 3 is 1.96 bits per heavy atom. The topological polar surface area (TPSA) is 52.6 Å². The van der Waals surface area contributed by atoms with Crippen LogP contribution in [0.5, 0.6) is 0 Å². The molecule has 0 amide bonds. The first-order chi connectivity index (χ1) is 10.5. The zero-order chi connectivity index (χ0) is 17.8. The lowest BCUT2D eigenvalue weighted by molar-refractivity contribution is -0.161. The molecule has 0 heterocycles. The lowest BCUT2D eigenvalue weighted by Crippen LogP contribution is -2.29. The number of ether oxygens (including phenoxy) is 2. The van der Waals surface area contributed by atoms with Gasteiger partial charge < -0.3 is 9.47 Å². The average Bonchev–Trinajstić information content (AvgIpc) is 2.46. The van der Waals surface area contributed by atoms with Crippen LogP contribution in [0.2, 0.25) is 0 Å². The molecule has 4 nitrogen and oxygen atoms in total. The summed E-state index contributed by atoms with van der Waals surface area (Å²) in [5, 5.41) is 0. The van der Waals surface area contributed by atoms with Crippen LogP contribution in [0.25, 0.3) is 0 Å². The van der Waals surface area contributed by atoms with Gasteiger partial charge in [-0.25, -0.2) is 4.79 Å². The van der Waals surface area contributed by atoms with Crippen LogP contribution >= 0.6 is 0 Å². The molecule has 0 saturated carbocycles. The number of hydrogen-bond acceptors (Lipinski definition) is 4. The van der Waals surface area contributed by atoms with Crippen LogP contribution in [0.15, 0.2) is 36.9 Å². The van der Waals surface area contributed by atoms with Crippen LogP contribution < -0.4 is 0 Å². The van der Waals surface area contributed by atoms with Crippen LogP contribution in [0.3, 0.4) is 0 Å². The van der Waals surface area contributed by atoms with Crippen molar-refractivity contribution < 1.29 is 19.1 Å². The van der Waals surface area contributed by atoms with Crippen molar-refractivity contribution in [3.05, 3.63) is 48.0 Å². The van der Waals surface area contributed by atoms with E-state index in [4.69, 9.17) is 9.47 Å². The summed E-state index contributed by atoms with van der Waals surface area (Å²) < 4.78 is 11.0. The van der Waals surface area contributed by atoms with Gasteiger partial charge in [0.1, 0.15) is 11.2 Å². The maximum atomic E-state index is 11.9. The monoisotopic (exact) mass is 318 g/mol. The summed E-state index contributed by atoms with van der Waals surface area (Å²) in [5.41, 5.74) is 0.0839. The smallest absolute Gasteiger partial charge is 0.331 e. The number of rotatable bonds is 6. The quantitative estimate of drug-likeness (QED) is 0.585. The SMILES string of the molecule is C=CC(=O)OC(C)(C)c1cccc(C(C)(C)OC(=O)C(C)C)c1. The maximum Gasteiger partial charge on any atom is 0.331 e. The van der Waals surface area contributed by atoms with E-state index < -0.39 is 17.2 Å². The molecular weight excluding hydrogens is 292 g/mol. The second-order valence-corrected chi connectivity index (χ2v) is 6.80. The van der Waals surface area contributed by atoms with Crippen molar-refractivity contribution in [2.75, 3.05) is 0 Å². The summed E-state index contributed by atoms with van der Waals surface area (Å²) in [5.74, 6) is -0.925. The highest BCUT2D eigenvalue weighted by molar-refractivity contribution is 5.81. The van der Waals surface area contributed by atoms with E-state index in [0.717, 1.165) is 17.2 Å². The molecule has 0 aliphatic heterocycles.